The van der Waals surface area contributed by atoms with Crippen LogP contribution in [-0.2, 0) is 28.4 Å². The highest BCUT2D eigenvalue weighted by Crippen LogP contribution is 2.21. The first-order chi connectivity index (χ1) is 11.7. The molecule has 4 nitrogen and oxygen atoms in total. The maximum atomic E-state index is 12.3. The largest absolute Gasteiger partial charge is 0.443 e. The zero-order valence-electron chi connectivity index (χ0n) is 14.8. The summed E-state index contributed by atoms with van der Waals surface area (Å²) in [6.45, 7) is 5.22. The molecule has 0 bridgehead atoms. The molecule has 3 aromatic rings. The number of aryl methyl sites for hydroxylation is 2. The third-order valence-electron chi connectivity index (χ3n) is 4.41. The number of sulfone groups is 1. The monoisotopic (exact) mass is 357 g/mol. The lowest BCUT2D eigenvalue weighted by atomic mass is 10.0. The fourth-order valence-corrected chi connectivity index (χ4v) is 3.65. The van der Waals surface area contributed by atoms with Crippen LogP contribution >= 0.6 is 0 Å². The second-order valence-corrected chi connectivity index (χ2v) is 10.1. The van der Waals surface area contributed by atoms with Crippen LogP contribution in [0.15, 0.2) is 53.3 Å². The molecule has 132 valence electrons. The summed E-state index contributed by atoms with van der Waals surface area (Å²) in [4.78, 5) is 4.18. The molecule has 0 saturated heterocycles. The number of nitrogens with zero attached hydrogens (tertiary/aromatic N) is 1. The van der Waals surface area contributed by atoms with Crippen LogP contribution in [0.4, 0.5) is 0 Å². The van der Waals surface area contributed by atoms with Crippen LogP contribution in [0.3, 0.4) is 0 Å². The van der Waals surface area contributed by atoms with Gasteiger partial charge in [0.1, 0.15) is 5.52 Å². The minimum Gasteiger partial charge on any atom is -0.443 e. The number of benzene rings is 2. The Morgan fingerprint density at radius 2 is 1.52 bits per heavy atom. The summed E-state index contributed by atoms with van der Waals surface area (Å²) in [5.74, 6) is 0.0829. The van der Waals surface area contributed by atoms with Gasteiger partial charge in [-0.05, 0) is 62.4 Å². The molecule has 2 aromatic carbocycles. The van der Waals surface area contributed by atoms with Crippen molar-refractivity contribution < 1.29 is 12.8 Å². The van der Waals surface area contributed by atoms with E-state index in [2.05, 4.69) is 11.1 Å². The number of hydrogen-bond acceptors (Lipinski definition) is 4. The van der Waals surface area contributed by atoms with Crippen LogP contribution in [0.2, 0.25) is 0 Å². The predicted octanol–water partition coefficient (Wildman–Crippen LogP) is 4.33. The lowest BCUT2D eigenvalue weighted by Crippen LogP contribution is -2.29. The number of fused-ring (bicyclic) bond motifs is 1. The van der Waals surface area contributed by atoms with Gasteiger partial charge in [0.05, 0.1) is 10.5 Å². The molecule has 1 aromatic heterocycles. The van der Waals surface area contributed by atoms with Crippen LogP contribution in [0.1, 0.15) is 37.5 Å². The Hall–Kier alpha value is -2.14. The standard InChI is InChI=1S/C20H23NO3S/c1-20(2,3)25(22,23)13-17-8-5-15(6-9-17)4-7-16-10-11-19-18(12-16)21-14-24-19/h5-6,8-12,14H,4,7,13H2,1-3H3. The summed E-state index contributed by atoms with van der Waals surface area (Å²) in [5, 5.41) is 0. The first kappa shape index (κ1) is 17.7. The molecule has 1 heterocycles. The molecule has 0 aliphatic rings. The molecule has 0 N–H and O–H groups in total. The van der Waals surface area contributed by atoms with Gasteiger partial charge in [-0.3, -0.25) is 0 Å². The SMILES string of the molecule is CC(C)(C)S(=O)(=O)Cc1ccc(CCc2ccc3ocnc3c2)cc1. The smallest absolute Gasteiger partial charge is 0.181 e. The van der Waals surface area contributed by atoms with Crippen molar-refractivity contribution in [3.05, 3.63) is 65.5 Å². The van der Waals surface area contributed by atoms with Gasteiger partial charge in [0.15, 0.2) is 21.8 Å². The Balaban J connectivity index is 1.64. The van der Waals surface area contributed by atoms with E-state index in [-0.39, 0.29) is 5.75 Å². The van der Waals surface area contributed by atoms with E-state index >= 15 is 0 Å². The molecule has 0 aliphatic heterocycles. The van der Waals surface area contributed by atoms with Crippen molar-refractivity contribution in [3.63, 3.8) is 0 Å². The van der Waals surface area contributed by atoms with Crippen molar-refractivity contribution in [1.29, 1.82) is 0 Å². The number of aromatic nitrogens is 1. The first-order valence-electron chi connectivity index (χ1n) is 8.37. The molecule has 0 fully saturated rings. The van der Waals surface area contributed by atoms with E-state index in [1.165, 1.54) is 17.5 Å². The van der Waals surface area contributed by atoms with E-state index < -0.39 is 14.6 Å². The lowest BCUT2D eigenvalue weighted by molar-refractivity contribution is 0.559. The zero-order valence-corrected chi connectivity index (χ0v) is 15.6. The highest BCUT2D eigenvalue weighted by molar-refractivity contribution is 7.91. The Labute approximate surface area is 148 Å². The average Bonchev–Trinajstić information content (AvgIpc) is 3.00. The molecule has 0 aliphatic carbocycles. The summed E-state index contributed by atoms with van der Waals surface area (Å²) in [5.41, 5.74) is 4.91. The van der Waals surface area contributed by atoms with Gasteiger partial charge in [0.2, 0.25) is 0 Å². The maximum absolute atomic E-state index is 12.3. The van der Waals surface area contributed by atoms with Gasteiger partial charge in [-0.2, -0.15) is 0 Å². The third kappa shape index (κ3) is 4.10. The molecule has 3 rings (SSSR count). The van der Waals surface area contributed by atoms with Gasteiger partial charge in [-0.25, -0.2) is 13.4 Å². The molecule has 0 saturated carbocycles. The van der Waals surface area contributed by atoms with E-state index in [4.69, 9.17) is 4.42 Å². The molecule has 0 radical (unpaired) electrons. The molecular formula is C20H23NO3S. The van der Waals surface area contributed by atoms with Gasteiger partial charge in [0.25, 0.3) is 0 Å². The predicted molar refractivity (Wildman–Crippen MR) is 100 cm³/mol. The van der Waals surface area contributed by atoms with Crippen molar-refractivity contribution >= 4 is 20.9 Å². The minimum absolute atomic E-state index is 0.0829. The first-order valence-corrected chi connectivity index (χ1v) is 10.0. The van der Waals surface area contributed by atoms with E-state index in [0.717, 1.165) is 29.5 Å². The van der Waals surface area contributed by atoms with Crippen molar-refractivity contribution in [3.8, 4) is 0 Å². The normalized spacial score (nSPS) is 12.6. The van der Waals surface area contributed by atoms with Crippen LogP contribution in [0.25, 0.3) is 11.1 Å². The van der Waals surface area contributed by atoms with Crippen LogP contribution in [0.5, 0.6) is 0 Å². The number of hydrogen-bond donors (Lipinski definition) is 0. The molecule has 0 amide bonds. The Morgan fingerprint density at radius 1 is 0.920 bits per heavy atom. The summed E-state index contributed by atoms with van der Waals surface area (Å²) in [6.07, 6.45) is 3.26. The summed E-state index contributed by atoms with van der Waals surface area (Å²) in [7, 11) is -3.15. The van der Waals surface area contributed by atoms with E-state index in [0.29, 0.717) is 0 Å². The summed E-state index contributed by atoms with van der Waals surface area (Å²) >= 11 is 0. The van der Waals surface area contributed by atoms with Crippen molar-refractivity contribution in [1.82, 2.24) is 4.98 Å². The molecule has 0 unspecified atom stereocenters. The molecule has 0 spiro atoms. The summed E-state index contributed by atoms with van der Waals surface area (Å²) < 4.78 is 29.1. The second kappa shape index (κ2) is 6.64. The third-order valence-corrected chi connectivity index (χ3v) is 6.99. The van der Waals surface area contributed by atoms with Crippen LogP contribution < -0.4 is 0 Å². The van der Waals surface area contributed by atoms with Gasteiger partial charge in [-0.15, -0.1) is 0 Å². The Kier molecular flexibility index (Phi) is 4.69. The molecule has 5 heteroatoms. The van der Waals surface area contributed by atoms with Gasteiger partial charge >= 0.3 is 0 Å². The quantitative estimate of drug-likeness (QED) is 0.682. The average molecular weight is 357 g/mol. The highest BCUT2D eigenvalue weighted by Gasteiger charge is 2.28. The lowest BCUT2D eigenvalue weighted by Gasteiger charge is -2.19. The van der Waals surface area contributed by atoms with Crippen LogP contribution in [0, 0.1) is 0 Å². The minimum atomic E-state index is -3.15. The van der Waals surface area contributed by atoms with E-state index in [1.54, 1.807) is 20.8 Å². The highest BCUT2D eigenvalue weighted by atomic mass is 32.2. The van der Waals surface area contributed by atoms with Gasteiger partial charge in [0, 0.05) is 0 Å². The van der Waals surface area contributed by atoms with Crippen molar-refractivity contribution in [2.24, 2.45) is 0 Å². The topological polar surface area (TPSA) is 60.2 Å². The Morgan fingerprint density at radius 3 is 2.20 bits per heavy atom. The second-order valence-electron chi connectivity index (χ2n) is 7.34. The number of oxazole rings is 1. The van der Waals surface area contributed by atoms with E-state index in [1.807, 2.05) is 36.4 Å². The van der Waals surface area contributed by atoms with Crippen molar-refractivity contribution in [2.75, 3.05) is 0 Å². The fourth-order valence-electron chi connectivity index (χ4n) is 2.59. The number of rotatable bonds is 5. The fraction of sp³-hybridized carbons (Fsp3) is 0.350. The Bertz CT molecular complexity index is 964. The zero-order chi connectivity index (χ0) is 18.1. The summed E-state index contributed by atoms with van der Waals surface area (Å²) in [6, 6.07) is 13.9. The maximum Gasteiger partial charge on any atom is 0.181 e. The van der Waals surface area contributed by atoms with Crippen LogP contribution in [-0.4, -0.2) is 18.1 Å². The van der Waals surface area contributed by atoms with Gasteiger partial charge in [-0.1, -0.05) is 30.3 Å². The van der Waals surface area contributed by atoms with Crippen molar-refractivity contribution in [2.45, 2.75) is 44.1 Å². The molecule has 0 atom stereocenters. The van der Waals surface area contributed by atoms with Gasteiger partial charge < -0.3 is 4.42 Å². The molecule has 25 heavy (non-hydrogen) atoms. The molecular weight excluding hydrogens is 334 g/mol. The van der Waals surface area contributed by atoms with E-state index in [9.17, 15) is 8.42 Å².